The summed E-state index contributed by atoms with van der Waals surface area (Å²) in [5.41, 5.74) is 0.331. The second kappa shape index (κ2) is 5.03. The minimum absolute atomic E-state index is 0.349. The summed E-state index contributed by atoms with van der Waals surface area (Å²) >= 11 is 1.71. The number of hydrogen-bond donors (Lipinski definition) is 0. The van der Waals surface area contributed by atoms with Gasteiger partial charge in [0.15, 0.2) is 0 Å². The van der Waals surface area contributed by atoms with Crippen LogP contribution in [0.15, 0.2) is 52.3 Å². The van der Waals surface area contributed by atoms with E-state index >= 15 is 0 Å². The molecule has 4 rings (SSSR count). The molecule has 2 aromatic carbocycles. The zero-order valence-electron chi connectivity index (χ0n) is 13.8. The fourth-order valence-corrected chi connectivity index (χ4v) is 3.79. The van der Waals surface area contributed by atoms with Crippen LogP contribution in [0, 0.1) is 0 Å². The Labute approximate surface area is 141 Å². The standard InChI is InChI=1S/C18H19BO3S/c1-17(2)18(3,4)22-19(21-17)12-8-7-10-14-16(12)23-15-11-6-5-9-13(15)20-14/h5-11H,1-4H3. The summed E-state index contributed by atoms with van der Waals surface area (Å²) in [7, 11) is -0.378. The fraction of sp³-hybridized carbons (Fsp3) is 0.333. The summed E-state index contributed by atoms with van der Waals surface area (Å²) in [6.07, 6.45) is 0. The topological polar surface area (TPSA) is 27.7 Å². The quantitative estimate of drug-likeness (QED) is 0.625. The van der Waals surface area contributed by atoms with E-state index in [1.807, 2.05) is 30.3 Å². The summed E-state index contributed by atoms with van der Waals surface area (Å²) in [5.74, 6) is 1.76. The van der Waals surface area contributed by atoms with Crippen LogP contribution in [-0.2, 0) is 9.31 Å². The van der Waals surface area contributed by atoms with Gasteiger partial charge in [0.1, 0.15) is 11.5 Å². The van der Waals surface area contributed by atoms with Crippen LogP contribution in [-0.4, -0.2) is 18.3 Å². The highest BCUT2D eigenvalue weighted by atomic mass is 32.2. The van der Waals surface area contributed by atoms with Crippen molar-refractivity contribution in [1.29, 1.82) is 0 Å². The summed E-state index contributed by atoms with van der Waals surface area (Å²) in [5, 5.41) is 0. The van der Waals surface area contributed by atoms with Gasteiger partial charge >= 0.3 is 7.12 Å². The molecule has 3 nitrogen and oxygen atoms in total. The second-order valence-electron chi connectivity index (χ2n) is 6.91. The van der Waals surface area contributed by atoms with Crippen molar-refractivity contribution in [3.63, 3.8) is 0 Å². The Morgan fingerprint density at radius 1 is 0.826 bits per heavy atom. The van der Waals surface area contributed by atoms with Gasteiger partial charge < -0.3 is 14.0 Å². The van der Waals surface area contributed by atoms with Crippen molar-refractivity contribution in [3.05, 3.63) is 42.5 Å². The first-order valence-electron chi connectivity index (χ1n) is 7.81. The summed E-state index contributed by atoms with van der Waals surface area (Å²) in [6, 6.07) is 14.1. The van der Waals surface area contributed by atoms with Gasteiger partial charge in [0.2, 0.25) is 0 Å². The molecule has 5 heteroatoms. The maximum Gasteiger partial charge on any atom is 0.496 e. The zero-order valence-corrected chi connectivity index (χ0v) is 14.6. The molecule has 2 aromatic rings. The van der Waals surface area contributed by atoms with Crippen LogP contribution in [0.2, 0.25) is 0 Å². The van der Waals surface area contributed by atoms with E-state index < -0.39 is 0 Å². The lowest BCUT2D eigenvalue weighted by Crippen LogP contribution is -2.41. The molecule has 0 radical (unpaired) electrons. The molecule has 0 saturated carbocycles. The van der Waals surface area contributed by atoms with Crippen molar-refractivity contribution >= 4 is 24.3 Å². The molecule has 1 fully saturated rings. The van der Waals surface area contributed by atoms with Crippen molar-refractivity contribution in [2.24, 2.45) is 0 Å². The highest BCUT2D eigenvalue weighted by molar-refractivity contribution is 7.99. The van der Waals surface area contributed by atoms with Crippen LogP contribution in [0.25, 0.3) is 0 Å². The average Bonchev–Trinajstić information content (AvgIpc) is 2.72. The van der Waals surface area contributed by atoms with Crippen molar-refractivity contribution in [2.45, 2.75) is 48.7 Å². The van der Waals surface area contributed by atoms with Gasteiger partial charge in [0, 0.05) is 5.46 Å². The summed E-state index contributed by atoms with van der Waals surface area (Å²) < 4.78 is 18.5. The molecule has 0 amide bonds. The maximum atomic E-state index is 6.21. The first-order valence-corrected chi connectivity index (χ1v) is 8.62. The maximum absolute atomic E-state index is 6.21. The Hall–Kier alpha value is -1.43. The molecule has 0 N–H and O–H groups in total. The normalized spacial score (nSPS) is 20.6. The van der Waals surface area contributed by atoms with E-state index in [9.17, 15) is 0 Å². The fourth-order valence-electron chi connectivity index (χ4n) is 2.73. The molecule has 0 aromatic heterocycles. The van der Waals surface area contributed by atoms with Crippen molar-refractivity contribution in [2.75, 3.05) is 0 Å². The Morgan fingerprint density at radius 2 is 1.48 bits per heavy atom. The van der Waals surface area contributed by atoms with E-state index in [1.165, 1.54) is 0 Å². The number of fused-ring (bicyclic) bond motifs is 2. The predicted molar refractivity (Wildman–Crippen MR) is 92.8 cm³/mol. The molecule has 1 saturated heterocycles. The predicted octanol–water partition coefficient (Wildman–Crippen LogP) is 4.24. The molecule has 2 aliphatic rings. The number of rotatable bonds is 1. The average molecular weight is 326 g/mol. The van der Waals surface area contributed by atoms with Crippen LogP contribution < -0.4 is 10.2 Å². The lowest BCUT2D eigenvalue weighted by Gasteiger charge is -2.32. The van der Waals surface area contributed by atoms with Crippen molar-refractivity contribution in [3.8, 4) is 11.5 Å². The molecule has 118 valence electrons. The third-order valence-corrected chi connectivity index (χ3v) is 6.00. The number of benzene rings is 2. The first kappa shape index (κ1) is 15.1. The van der Waals surface area contributed by atoms with E-state index in [0.29, 0.717) is 0 Å². The Morgan fingerprint density at radius 3 is 2.22 bits per heavy atom. The minimum atomic E-state index is -0.378. The van der Waals surface area contributed by atoms with Gasteiger partial charge in [-0.15, -0.1) is 0 Å². The van der Waals surface area contributed by atoms with Crippen LogP contribution in [0.3, 0.4) is 0 Å². The SMILES string of the molecule is CC1(C)OB(c2cccc3c2Sc2ccccc2O3)OC1(C)C. The molecule has 0 aliphatic carbocycles. The lowest BCUT2D eigenvalue weighted by atomic mass is 9.79. The molecular weight excluding hydrogens is 307 g/mol. The van der Waals surface area contributed by atoms with E-state index in [0.717, 1.165) is 26.8 Å². The van der Waals surface area contributed by atoms with E-state index in [1.54, 1.807) is 11.8 Å². The molecular formula is C18H19BO3S. The Kier molecular flexibility index (Phi) is 3.31. The highest BCUT2D eigenvalue weighted by Gasteiger charge is 2.52. The van der Waals surface area contributed by atoms with E-state index in [2.05, 4.69) is 39.8 Å². The van der Waals surface area contributed by atoms with Crippen LogP contribution in [0.1, 0.15) is 27.7 Å². The van der Waals surface area contributed by atoms with E-state index in [-0.39, 0.29) is 18.3 Å². The number of hydrogen-bond acceptors (Lipinski definition) is 4. The Bertz CT molecular complexity index is 757. The third kappa shape index (κ3) is 2.38. The largest absolute Gasteiger partial charge is 0.496 e. The Balaban J connectivity index is 1.74. The van der Waals surface area contributed by atoms with Crippen LogP contribution in [0.4, 0.5) is 0 Å². The van der Waals surface area contributed by atoms with Gasteiger partial charge in [0.25, 0.3) is 0 Å². The zero-order chi connectivity index (χ0) is 16.2. The number of ether oxygens (including phenoxy) is 1. The monoisotopic (exact) mass is 326 g/mol. The van der Waals surface area contributed by atoms with Gasteiger partial charge in [-0.1, -0.05) is 36.0 Å². The summed E-state index contributed by atoms with van der Waals surface area (Å²) in [6.45, 7) is 8.28. The molecule has 2 heterocycles. The molecule has 0 spiro atoms. The lowest BCUT2D eigenvalue weighted by molar-refractivity contribution is 0.00578. The molecule has 0 atom stereocenters. The first-order chi connectivity index (χ1) is 10.9. The number of para-hydroxylation sites is 1. The summed E-state index contributed by atoms with van der Waals surface area (Å²) in [4.78, 5) is 2.19. The van der Waals surface area contributed by atoms with Gasteiger partial charge in [-0.3, -0.25) is 0 Å². The smallest absolute Gasteiger partial charge is 0.455 e. The van der Waals surface area contributed by atoms with E-state index in [4.69, 9.17) is 14.0 Å². The molecule has 0 unspecified atom stereocenters. The molecule has 2 aliphatic heterocycles. The van der Waals surface area contributed by atoms with Gasteiger partial charge in [-0.2, -0.15) is 0 Å². The molecule has 0 bridgehead atoms. The third-order valence-electron chi connectivity index (χ3n) is 4.80. The van der Waals surface area contributed by atoms with Gasteiger partial charge in [-0.05, 0) is 45.9 Å². The van der Waals surface area contributed by atoms with Crippen LogP contribution in [0.5, 0.6) is 11.5 Å². The van der Waals surface area contributed by atoms with Crippen LogP contribution >= 0.6 is 11.8 Å². The van der Waals surface area contributed by atoms with Gasteiger partial charge in [-0.25, -0.2) is 0 Å². The minimum Gasteiger partial charge on any atom is -0.455 e. The van der Waals surface area contributed by atoms with Crippen molar-refractivity contribution < 1.29 is 14.0 Å². The van der Waals surface area contributed by atoms with Gasteiger partial charge in [0.05, 0.1) is 21.0 Å². The highest BCUT2D eigenvalue weighted by Crippen LogP contribution is 2.47. The molecule has 23 heavy (non-hydrogen) atoms. The van der Waals surface area contributed by atoms with Crippen molar-refractivity contribution in [1.82, 2.24) is 0 Å². The second-order valence-corrected chi connectivity index (χ2v) is 7.97.